The van der Waals surface area contributed by atoms with Gasteiger partial charge in [0.1, 0.15) is 5.75 Å². The summed E-state index contributed by atoms with van der Waals surface area (Å²) in [6, 6.07) is 0.862. The number of aromatic nitrogens is 1. The molecule has 0 aliphatic heterocycles. The number of hydrogen-bond donors (Lipinski definition) is 2. The lowest BCUT2D eigenvalue weighted by atomic mass is 10.2. The van der Waals surface area contributed by atoms with Crippen LogP contribution in [0.3, 0.4) is 0 Å². The standard InChI is InChI=1S/C7H7F2NO2/c1-3-4(11)2-5(12)10-6(3)7(8)9/h2,7H,1H3,(H2,10,11,12). The van der Waals surface area contributed by atoms with Crippen molar-refractivity contribution < 1.29 is 13.9 Å². The topological polar surface area (TPSA) is 53.1 Å². The van der Waals surface area contributed by atoms with Crippen molar-refractivity contribution in [1.82, 2.24) is 4.98 Å². The molecule has 66 valence electrons. The van der Waals surface area contributed by atoms with E-state index in [1.165, 1.54) is 6.92 Å². The maximum atomic E-state index is 12.1. The minimum absolute atomic E-state index is 0.00426. The van der Waals surface area contributed by atoms with E-state index in [2.05, 4.69) is 0 Å². The molecule has 2 N–H and O–H groups in total. The molecule has 0 saturated carbocycles. The van der Waals surface area contributed by atoms with E-state index in [-0.39, 0.29) is 5.56 Å². The molecular formula is C7H7F2NO2. The van der Waals surface area contributed by atoms with Crippen LogP contribution >= 0.6 is 0 Å². The molecular weight excluding hydrogens is 168 g/mol. The summed E-state index contributed by atoms with van der Waals surface area (Å²) in [5, 5.41) is 8.98. The molecule has 0 atom stereocenters. The average Bonchev–Trinajstić information content (AvgIpc) is 1.96. The van der Waals surface area contributed by atoms with Crippen LogP contribution in [0.5, 0.6) is 5.75 Å². The molecule has 0 fully saturated rings. The van der Waals surface area contributed by atoms with Gasteiger partial charge in [-0.2, -0.15) is 0 Å². The number of alkyl halides is 2. The quantitative estimate of drug-likeness (QED) is 0.676. The van der Waals surface area contributed by atoms with Gasteiger partial charge in [-0.25, -0.2) is 8.78 Å². The summed E-state index contributed by atoms with van der Waals surface area (Å²) in [5.74, 6) is -0.408. The van der Waals surface area contributed by atoms with E-state index in [1.54, 1.807) is 0 Å². The van der Waals surface area contributed by atoms with Crippen molar-refractivity contribution in [3.05, 3.63) is 27.7 Å². The Morgan fingerprint density at radius 3 is 2.67 bits per heavy atom. The Hall–Kier alpha value is -1.39. The molecule has 1 aromatic heterocycles. The molecule has 0 aliphatic carbocycles. The largest absolute Gasteiger partial charge is 0.507 e. The van der Waals surface area contributed by atoms with Crippen molar-refractivity contribution in [2.24, 2.45) is 0 Å². The molecule has 5 heteroatoms. The molecule has 12 heavy (non-hydrogen) atoms. The number of pyridine rings is 1. The smallest absolute Gasteiger partial charge is 0.278 e. The van der Waals surface area contributed by atoms with E-state index >= 15 is 0 Å². The van der Waals surface area contributed by atoms with E-state index in [0.29, 0.717) is 0 Å². The monoisotopic (exact) mass is 175 g/mol. The second kappa shape index (κ2) is 2.92. The summed E-state index contributed by atoms with van der Waals surface area (Å²) in [5.41, 5.74) is -1.25. The fraction of sp³-hybridized carbons (Fsp3) is 0.286. The third kappa shape index (κ3) is 1.44. The van der Waals surface area contributed by atoms with Gasteiger partial charge in [0.2, 0.25) is 0 Å². The van der Waals surface area contributed by atoms with Crippen molar-refractivity contribution in [2.45, 2.75) is 13.3 Å². The Kier molecular flexibility index (Phi) is 2.12. The molecule has 0 saturated heterocycles. The van der Waals surface area contributed by atoms with E-state index in [9.17, 15) is 13.6 Å². The van der Waals surface area contributed by atoms with Crippen molar-refractivity contribution in [1.29, 1.82) is 0 Å². The van der Waals surface area contributed by atoms with Gasteiger partial charge in [-0.15, -0.1) is 0 Å². The van der Waals surface area contributed by atoms with Crippen LogP contribution in [0.15, 0.2) is 10.9 Å². The summed E-state index contributed by atoms with van der Waals surface area (Å²) in [6.45, 7) is 1.31. The van der Waals surface area contributed by atoms with Crippen molar-refractivity contribution in [2.75, 3.05) is 0 Å². The molecule has 1 aromatic rings. The second-order valence-electron chi connectivity index (χ2n) is 2.36. The first-order valence-electron chi connectivity index (χ1n) is 3.23. The fourth-order valence-corrected chi connectivity index (χ4v) is 0.851. The lowest BCUT2D eigenvalue weighted by Gasteiger charge is -2.04. The summed E-state index contributed by atoms with van der Waals surface area (Å²) >= 11 is 0. The van der Waals surface area contributed by atoms with Gasteiger partial charge >= 0.3 is 0 Å². The predicted octanol–water partition coefficient (Wildman–Crippen LogP) is 1.33. The minimum atomic E-state index is -2.77. The lowest BCUT2D eigenvalue weighted by molar-refractivity contribution is 0.144. The summed E-state index contributed by atoms with van der Waals surface area (Å²) in [7, 11) is 0. The molecule has 3 nitrogen and oxygen atoms in total. The molecule has 0 aliphatic rings. The van der Waals surface area contributed by atoms with Gasteiger partial charge in [-0.1, -0.05) is 0 Å². The van der Waals surface area contributed by atoms with E-state index < -0.39 is 23.4 Å². The number of aromatic hydroxyl groups is 1. The zero-order chi connectivity index (χ0) is 9.30. The highest BCUT2D eigenvalue weighted by Gasteiger charge is 2.14. The summed E-state index contributed by atoms with van der Waals surface area (Å²) in [4.78, 5) is 12.6. The SMILES string of the molecule is Cc1c(O)cc(=O)[nH]c1C(F)F. The van der Waals surface area contributed by atoms with Crippen LogP contribution in [-0.4, -0.2) is 10.1 Å². The number of H-pyrrole nitrogens is 1. The Morgan fingerprint density at radius 2 is 2.17 bits per heavy atom. The van der Waals surface area contributed by atoms with Crippen molar-refractivity contribution in [3.63, 3.8) is 0 Å². The lowest BCUT2D eigenvalue weighted by Crippen LogP contribution is -2.09. The number of hydrogen-bond acceptors (Lipinski definition) is 2. The van der Waals surface area contributed by atoms with Gasteiger partial charge in [-0.3, -0.25) is 4.79 Å². The molecule has 0 aromatic carbocycles. The maximum absolute atomic E-state index is 12.1. The molecule has 0 amide bonds. The van der Waals surface area contributed by atoms with Crippen LogP contribution in [0, 0.1) is 6.92 Å². The van der Waals surface area contributed by atoms with Crippen LogP contribution in [0.25, 0.3) is 0 Å². The number of halogens is 2. The van der Waals surface area contributed by atoms with E-state index in [0.717, 1.165) is 6.07 Å². The van der Waals surface area contributed by atoms with E-state index in [4.69, 9.17) is 5.11 Å². The second-order valence-corrected chi connectivity index (χ2v) is 2.36. The van der Waals surface area contributed by atoms with Gasteiger partial charge in [0, 0.05) is 11.6 Å². The van der Waals surface area contributed by atoms with Crippen LogP contribution in [-0.2, 0) is 0 Å². The van der Waals surface area contributed by atoms with Gasteiger partial charge in [-0.05, 0) is 6.92 Å². The summed E-state index contributed by atoms with van der Waals surface area (Å²) in [6.07, 6.45) is -2.77. The van der Waals surface area contributed by atoms with Crippen LogP contribution in [0.2, 0.25) is 0 Å². The van der Waals surface area contributed by atoms with Gasteiger partial charge in [0.15, 0.2) is 0 Å². The van der Waals surface area contributed by atoms with Crippen LogP contribution in [0.1, 0.15) is 17.7 Å². The molecule has 0 unspecified atom stereocenters. The van der Waals surface area contributed by atoms with Crippen molar-refractivity contribution in [3.8, 4) is 5.75 Å². The fourth-order valence-electron chi connectivity index (χ4n) is 0.851. The maximum Gasteiger partial charge on any atom is 0.278 e. The normalized spacial score (nSPS) is 10.7. The number of rotatable bonds is 1. The predicted molar refractivity (Wildman–Crippen MR) is 38.4 cm³/mol. The van der Waals surface area contributed by atoms with Crippen LogP contribution in [0.4, 0.5) is 8.78 Å². The number of aromatic amines is 1. The van der Waals surface area contributed by atoms with E-state index in [1.807, 2.05) is 4.98 Å². The van der Waals surface area contributed by atoms with Gasteiger partial charge in [0.25, 0.3) is 12.0 Å². The van der Waals surface area contributed by atoms with Crippen LogP contribution < -0.4 is 5.56 Å². The zero-order valence-corrected chi connectivity index (χ0v) is 6.27. The highest BCUT2D eigenvalue weighted by atomic mass is 19.3. The first kappa shape index (κ1) is 8.70. The molecule has 0 spiro atoms. The Bertz CT molecular complexity index is 346. The van der Waals surface area contributed by atoms with Gasteiger partial charge in [0.05, 0.1) is 5.69 Å². The highest BCUT2D eigenvalue weighted by molar-refractivity contribution is 5.33. The highest BCUT2D eigenvalue weighted by Crippen LogP contribution is 2.23. The Morgan fingerprint density at radius 1 is 1.58 bits per heavy atom. The third-order valence-electron chi connectivity index (χ3n) is 1.53. The Labute approximate surface area is 66.7 Å². The molecule has 0 radical (unpaired) electrons. The third-order valence-corrected chi connectivity index (χ3v) is 1.53. The summed E-state index contributed by atoms with van der Waals surface area (Å²) < 4.78 is 24.2. The minimum Gasteiger partial charge on any atom is -0.507 e. The van der Waals surface area contributed by atoms with Gasteiger partial charge < -0.3 is 10.1 Å². The zero-order valence-electron chi connectivity index (χ0n) is 6.27. The average molecular weight is 175 g/mol. The molecule has 1 rings (SSSR count). The first-order valence-corrected chi connectivity index (χ1v) is 3.23. The first-order chi connectivity index (χ1) is 5.52. The Balaban J connectivity index is 3.38. The van der Waals surface area contributed by atoms with Crippen molar-refractivity contribution >= 4 is 0 Å². The molecule has 1 heterocycles. The number of nitrogens with one attached hydrogen (secondary N) is 1. The molecule has 0 bridgehead atoms.